The van der Waals surface area contributed by atoms with Gasteiger partial charge in [0.1, 0.15) is 6.04 Å². The molecule has 26 heavy (non-hydrogen) atoms. The predicted octanol–water partition coefficient (Wildman–Crippen LogP) is 3.11. The van der Waals surface area contributed by atoms with Crippen LogP contribution in [-0.4, -0.2) is 58.9 Å². The van der Waals surface area contributed by atoms with Crippen molar-refractivity contribution in [3.8, 4) is 0 Å². The molecule has 2 amide bonds. The molecule has 1 aliphatic heterocycles. The molecule has 1 fully saturated rings. The van der Waals surface area contributed by atoms with Gasteiger partial charge < -0.3 is 15.5 Å². The fourth-order valence-electron chi connectivity index (χ4n) is 2.65. The molecule has 0 aromatic heterocycles. The van der Waals surface area contributed by atoms with E-state index in [-0.39, 0.29) is 30.3 Å². The molecule has 0 aliphatic carbocycles. The van der Waals surface area contributed by atoms with Gasteiger partial charge in [-0.25, -0.2) is 0 Å². The third kappa shape index (κ3) is 5.78. The average Bonchev–Trinajstić information content (AvgIpc) is 3.08. The standard InChI is InChI=1S/C18H26ClN3O2S.ClH/c1-12(2)15(20)8-9-21(3)18(24)16-10-25-11-22(16)17(23)13-4-6-14(19)7-5-13;/h4-7,12,15-16H,8-11,20H2,1-3H3;1H. The van der Waals surface area contributed by atoms with E-state index in [9.17, 15) is 9.59 Å². The number of likely N-dealkylation sites (N-methyl/N-ethyl adjacent to an activating group) is 1. The van der Waals surface area contributed by atoms with Gasteiger partial charge in [0.2, 0.25) is 5.91 Å². The van der Waals surface area contributed by atoms with Crippen LogP contribution in [0.4, 0.5) is 0 Å². The van der Waals surface area contributed by atoms with E-state index in [2.05, 4.69) is 13.8 Å². The number of carbonyl (C=O) groups is 2. The van der Waals surface area contributed by atoms with E-state index >= 15 is 0 Å². The lowest BCUT2D eigenvalue weighted by Crippen LogP contribution is -2.48. The fourth-order valence-corrected chi connectivity index (χ4v) is 3.92. The molecule has 8 heteroatoms. The molecule has 1 aromatic rings. The number of nitrogens with two attached hydrogens (primary N) is 1. The summed E-state index contributed by atoms with van der Waals surface area (Å²) in [6.07, 6.45) is 0.755. The van der Waals surface area contributed by atoms with Crippen molar-refractivity contribution in [2.45, 2.75) is 32.4 Å². The van der Waals surface area contributed by atoms with Gasteiger partial charge in [0, 0.05) is 36.0 Å². The molecule has 146 valence electrons. The number of halogens is 2. The fraction of sp³-hybridized carbons (Fsp3) is 0.556. The number of thioether (sulfide) groups is 1. The number of rotatable bonds is 6. The Labute approximate surface area is 171 Å². The first-order chi connectivity index (χ1) is 11.8. The highest BCUT2D eigenvalue weighted by atomic mass is 35.5. The summed E-state index contributed by atoms with van der Waals surface area (Å²) in [5.74, 6) is 1.37. The van der Waals surface area contributed by atoms with Crippen LogP contribution in [0.2, 0.25) is 5.02 Å². The minimum Gasteiger partial charge on any atom is -0.344 e. The first kappa shape index (κ1) is 23.1. The van der Waals surface area contributed by atoms with Crippen molar-refractivity contribution in [3.63, 3.8) is 0 Å². The van der Waals surface area contributed by atoms with Crippen molar-refractivity contribution in [1.82, 2.24) is 9.80 Å². The molecule has 2 rings (SSSR count). The Morgan fingerprint density at radius 2 is 1.96 bits per heavy atom. The summed E-state index contributed by atoms with van der Waals surface area (Å²) >= 11 is 7.48. The van der Waals surface area contributed by atoms with E-state index < -0.39 is 6.04 Å². The minimum absolute atomic E-state index is 0. The average molecular weight is 420 g/mol. The number of hydrogen-bond donors (Lipinski definition) is 1. The van der Waals surface area contributed by atoms with Gasteiger partial charge in [0.05, 0.1) is 5.88 Å². The normalized spacial score (nSPS) is 17.8. The first-order valence-corrected chi connectivity index (χ1v) is 9.99. The van der Waals surface area contributed by atoms with Gasteiger partial charge in [-0.05, 0) is 36.6 Å². The van der Waals surface area contributed by atoms with Gasteiger partial charge in [-0.2, -0.15) is 0 Å². The Balaban J connectivity index is 0.00000338. The van der Waals surface area contributed by atoms with Crippen LogP contribution in [0.3, 0.4) is 0 Å². The molecular weight excluding hydrogens is 393 g/mol. The van der Waals surface area contributed by atoms with Crippen LogP contribution < -0.4 is 5.73 Å². The highest BCUT2D eigenvalue weighted by molar-refractivity contribution is 7.99. The number of carbonyl (C=O) groups excluding carboxylic acids is 2. The number of nitrogens with zero attached hydrogens (tertiary/aromatic N) is 2. The monoisotopic (exact) mass is 419 g/mol. The molecule has 5 nitrogen and oxygen atoms in total. The smallest absolute Gasteiger partial charge is 0.255 e. The highest BCUT2D eigenvalue weighted by Gasteiger charge is 2.36. The summed E-state index contributed by atoms with van der Waals surface area (Å²) in [6.45, 7) is 4.75. The maximum absolute atomic E-state index is 12.8. The van der Waals surface area contributed by atoms with Crippen molar-refractivity contribution in [1.29, 1.82) is 0 Å². The van der Waals surface area contributed by atoms with Crippen molar-refractivity contribution < 1.29 is 9.59 Å². The summed E-state index contributed by atoms with van der Waals surface area (Å²) in [5, 5.41) is 0.584. The summed E-state index contributed by atoms with van der Waals surface area (Å²) in [6, 6.07) is 6.41. The van der Waals surface area contributed by atoms with Crippen molar-refractivity contribution in [3.05, 3.63) is 34.9 Å². The molecule has 0 spiro atoms. The lowest BCUT2D eigenvalue weighted by atomic mass is 10.0. The molecule has 2 atom stereocenters. The van der Waals surface area contributed by atoms with Crippen molar-refractivity contribution >= 4 is 47.6 Å². The van der Waals surface area contributed by atoms with Crippen LogP contribution in [-0.2, 0) is 4.79 Å². The molecule has 1 aliphatic rings. The van der Waals surface area contributed by atoms with Crippen molar-refractivity contribution in [2.24, 2.45) is 11.7 Å². The van der Waals surface area contributed by atoms with E-state index in [0.29, 0.717) is 34.7 Å². The van der Waals surface area contributed by atoms with Gasteiger partial charge >= 0.3 is 0 Å². The van der Waals surface area contributed by atoms with Crippen LogP contribution in [0.1, 0.15) is 30.6 Å². The van der Waals surface area contributed by atoms with Gasteiger partial charge in [-0.15, -0.1) is 24.2 Å². The molecule has 0 radical (unpaired) electrons. The Hall–Kier alpha value is -0.950. The topological polar surface area (TPSA) is 66.6 Å². The van der Waals surface area contributed by atoms with E-state index in [1.165, 1.54) is 0 Å². The second-order valence-corrected chi connectivity index (χ2v) is 8.19. The molecule has 1 saturated heterocycles. The second kappa shape index (κ2) is 10.4. The Morgan fingerprint density at radius 3 is 2.54 bits per heavy atom. The van der Waals surface area contributed by atoms with Gasteiger partial charge in [-0.3, -0.25) is 9.59 Å². The molecule has 2 unspecified atom stereocenters. The summed E-state index contributed by atoms with van der Waals surface area (Å²) < 4.78 is 0. The summed E-state index contributed by atoms with van der Waals surface area (Å²) in [4.78, 5) is 28.9. The molecule has 0 saturated carbocycles. The molecule has 2 N–H and O–H groups in total. The van der Waals surface area contributed by atoms with Crippen molar-refractivity contribution in [2.75, 3.05) is 25.2 Å². The lowest BCUT2D eigenvalue weighted by molar-refractivity contribution is -0.133. The Morgan fingerprint density at radius 1 is 1.35 bits per heavy atom. The summed E-state index contributed by atoms with van der Waals surface area (Å²) in [7, 11) is 1.78. The third-order valence-corrected chi connectivity index (χ3v) is 5.81. The SMILES string of the molecule is CC(C)C(N)CCN(C)C(=O)C1CSCN1C(=O)c1ccc(Cl)cc1.Cl. The second-order valence-electron chi connectivity index (χ2n) is 6.75. The Kier molecular flexibility index (Phi) is 9.24. The van der Waals surface area contributed by atoms with Crippen LogP contribution in [0.5, 0.6) is 0 Å². The zero-order valence-electron chi connectivity index (χ0n) is 15.4. The van der Waals surface area contributed by atoms with Crippen LogP contribution in [0, 0.1) is 5.92 Å². The van der Waals surface area contributed by atoms with E-state index in [1.54, 1.807) is 52.9 Å². The molecule has 0 bridgehead atoms. The quantitative estimate of drug-likeness (QED) is 0.768. The number of amides is 2. The molecule has 1 heterocycles. The van der Waals surface area contributed by atoms with Gasteiger partial charge in [0.15, 0.2) is 0 Å². The minimum atomic E-state index is -0.423. The van der Waals surface area contributed by atoms with E-state index in [4.69, 9.17) is 17.3 Å². The predicted molar refractivity (Wildman–Crippen MR) is 111 cm³/mol. The van der Waals surface area contributed by atoms with Gasteiger partial charge in [0.25, 0.3) is 5.91 Å². The zero-order valence-corrected chi connectivity index (χ0v) is 17.7. The van der Waals surface area contributed by atoms with Crippen LogP contribution in [0.15, 0.2) is 24.3 Å². The highest BCUT2D eigenvalue weighted by Crippen LogP contribution is 2.25. The Bertz CT molecular complexity index is 613. The third-order valence-electron chi connectivity index (χ3n) is 4.55. The lowest BCUT2D eigenvalue weighted by Gasteiger charge is -2.28. The summed E-state index contributed by atoms with van der Waals surface area (Å²) in [5.41, 5.74) is 6.61. The van der Waals surface area contributed by atoms with Crippen LogP contribution >= 0.6 is 35.8 Å². The van der Waals surface area contributed by atoms with Crippen LogP contribution in [0.25, 0.3) is 0 Å². The maximum atomic E-state index is 12.8. The molecule has 1 aromatic carbocycles. The zero-order chi connectivity index (χ0) is 18.6. The number of hydrogen-bond acceptors (Lipinski definition) is 4. The number of benzene rings is 1. The first-order valence-electron chi connectivity index (χ1n) is 8.46. The van der Waals surface area contributed by atoms with Gasteiger partial charge in [-0.1, -0.05) is 25.4 Å². The molecular formula is C18H27Cl2N3O2S. The maximum Gasteiger partial charge on any atom is 0.255 e. The van der Waals surface area contributed by atoms with E-state index in [0.717, 1.165) is 6.42 Å². The van der Waals surface area contributed by atoms with E-state index in [1.807, 2.05) is 0 Å². The largest absolute Gasteiger partial charge is 0.344 e.